The van der Waals surface area contributed by atoms with E-state index in [1.165, 1.54) is 0 Å². The van der Waals surface area contributed by atoms with Gasteiger partial charge in [-0.1, -0.05) is 0 Å². The van der Waals surface area contributed by atoms with Crippen molar-refractivity contribution < 1.29 is 14.3 Å². The van der Waals surface area contributed by atoms with Gasteiger partial charge in [0.05, 0.1) is 12.2 Å². The highest BCUT2D eigenvalue weighted by Crippen LogP contribution is 2.23. The molecule has 2 aromatic heterocycles. The number of piperidine rings is 1. The number of rotatable bonds is 5. The van der Waals surface area contributed by atoms with Crippen LogP contribution in [0.5, 0.6) is 0 Å². The van der Waals surface area contributed by atoms with E-state index in [9.17, 15) is 9.59 Å². The van der Waals surface area contributed by atoms with Crippen LogP contribution in [0.15, 0.2) is 36.8 Å². The first kappa shape index (κ1) is 22.0. The number of aromatic nitrogens is 3. The zero-order valence-electron chi connectivity index (χ0n) is 18.5. The number of amides is 1. The Kier molecular flexibility index (Phi) is 7.14. The molecular formula is C23H30N6O3. The van der Waals surface area contributed by atoms with E-state index in [1.54, 1.807) is 31.6 Å². The first-order valence-corrected chi connectivity index (χ1v) is 11.3. The molecule has 0 spiro atoms. The summed E-state index contributed by atoms with van der Waals surface area (Å²) < 4.78 is 5.02. The van der Waals surface area contributed by atoms with Gasteiger partial charge < -0.3 is 19.4 Å². The van der Waals surface area contributed by atoms with Crippen molar-refractivity contribution in [3.63, 3.8) is 0 Å². The van der Waals surface area contributed by atoms with Crippen molar-refractivity contribution in [3.05, 3.63) is 42.4 Å². The normalized spacial score (nSPS) is 17.7. The molecule has 9 heteroatoms. The van der Waals surface area contributed by atoms with E-state index < -0.39 is 0 Å². The minimum atomic E-state index is -0.357. The number of anilines is 2. The van der Waals surface area contributed by atoms with Crippen molar-refractivity contribution in [2.24, 2.45) is 5.92 Å². The lowest BCUT2D eigenvalue weighted by Gasteiger charge is -2.34. The van der Waals surface area contributed by atoms with Gasteiger partial charge in [0.15, 0.2) is 0 Å². The van der Waals surface area contributed by atoms with Crippen molar-refractivity contribution >= 4 is 23.6 Å². The van der Waals surface area contributed by atoms with Gasteiger partial charge in [-0.3, -0.25) is 4.79 Å². The maximum absolute atomic E-state index is 13.2. The Morgan fingerprint density at radius 3 is 2.44 bits per heavy atom. The highest BCUT2D eigenvalue weighted by atomic mass is 16.5. The largest absolute Gasteiger partial charge is 0.462 e. The minimum absolute atomic E-state index is 0.0588. The Bertz CT molecular complexity index is 900. The molecule has 0 unspecified atom stereocenters. The van der Waals surface area contributed by atoms with Crippen molar-refractivity contribution in [2.45, 2.75) is 26.2 Å². The monoisotopic (exact) mass is 438 g/mol. The number of hydrogen-bond donors (Lipinski definition) is 0. The van der Waals surface area contributed by atoms with Crippen molar-refractivity contribution in [1.29, 1.82) is 0 Å². The lowest BCUT2D eigenvalue weighted by molar-refractivity contribution is -0.136. The second-order valence-electron chi connectivity index (χ2n) is 8.10. The minimum Gasteiger partial charge on any atom is -0.462 e. The molecule has 0 aliphatic carbocycles. The van der Waals surface area contributed by atoms with Gasteiger partial charge in [-0.25, -0.2) is 19.7 Å². The van der Waals surface area contributed by atoms with Crippen LogP contribution in [0.25, 0.3) is 0 Å². The molecule has 0 atom stereocenters. The summed E-state index contributed by atoms with van der Waals surface area (Å²) in [4.78, 5) is 44.4. The molecule has 2 aromatic rings. The smallest absolute Gasteiger partial charge is 0.339 e. The summed E-state index contributed by atoms with van der Waals surface area (Å²) in [6.45, 7) is 6.74. The van der Waals surface area contributed by atoms with E-state index >= 15 is 0 Å². The first-order chi connectivity index (χ1) is 15.7. The van der Waals surface area contributed by atoms with Gasteiger partial charge in [-0.2, -0.15) is 0 Å². The quantitative estimate of drug-likeness (QED) is 0.655. The molecule has 32 heavy (non-hydrogen) atoms. The third-order valence-corrected chi connectivity index (χ3v) is 6.07. The molecule has 2 aliphatic heterocycles. The average Bonchev–Trinajstić information content (AvgIpc) is 3.11. The highest BCUT2D eigenvalue weighted by Gasteiger charge is 2.30. The number of carbonyl (C=O) groups is 2. The summed E-state index contributed by atoms with van der Waals surface area (Å²) in [5.41, 5.74) is 0.453. The zero-order chi connectivity index (χ0) is 22.3. The second-order valence-corrected chi connectivity index (χ2v) is 8.10. The maximum Gasteiger partial charge on any atom is 0.339 e. The number of esters is 1. The summed E-state index contributed by atoms with van der Waals surface area (Å²) in [7, 11) is 0. The fourth-order valence-corrected chi connectivity index (χ4v) is 4.31. The average molecular weight is 439 g/mol. The topological polar surface area (TPSA) is 91.8 Å². The number of ether oxygens (including phenoxy) is 1. The van der Waals surface area contributed by atoms with Crippen molar-refractivity contribution in [2.75, 3.05) is 55.7 Å². The van der Waals surface area contributed by atoms with E-state index in [0.29, 0.717) is 18.7 Å². The molecule has 2 aliphatic rings. The van der Waals surface area contributed by atoms with E-state index in [4.69, 9.17) is 4.74 Å². The predicted octanol–water partition coefficient (Wildman–Crippen LogP) is 2.00. The Labute approximate surface area is 188 Å². The molecular weight excluding hydrogens is 408 g/mol. The van der Waals surface area contributed by atoms with E-state index in [-0.39, 0.29) is 17.8 Å². The molecule has 4 rings (SSSR count). The predicted molar refractivity (Wildman–Crippen MR) is 121 cm³/mol. The van der Waals surface area contributed by atoms with E-state index in [1.807, 2.05) is 17.0 Å². The van der Waals surface area contributed by atoms with Crippen molar-refractivity contribution in [1.82, 2.24) is 19.9 Å². The molecule has 0 saturated carbocycles. The third kappa shape index (κ3) is 5.15. The molecule has 4 heterocycles. The van der Waals surface area contributed by atoms with Gasteiger partial charge in [-0.15, -0.1) is 0 Å². The number of pyridine rings is 1. The molecule has 0 aromatic carbocycles. The molecule has 0 bridgehead atoms. The van der Waals surface area contributed by atoms with Crippen LogP contribution in [-0.4, -0.2) is 77.6 Å². The van der Waals surface area contributed by atoms with Crippen LogP contribution in [0.3, 0.4) is 0 Å². The Balaban J connectivity index is 1.29. The number of hydrogen-bond acceptors (Lipinski definition) is 8. The van der Waals surface area contributed by atoms with Crippen LogP contribution in [0, 0.1) is 5.92 Å². The molecule has 0 radical (unpaired) electrons. The Morgan fingerprint density at radius 1 is 0.969 bits per heavy atom. The van der Waals surface area contributed by atoms with Crippen molar-refractivity contribution in [3.8, 4) is 0 Å². The molecule has 170 valence electrons. The van der Waals surface area contributed by atoms with Crippen LogP contribution < -0.4 is 9.80 Å². The highest BCUT2D eigenvalue weighted by molar-refractivity contribution is 5.89. The summed E-state index contributed by atoms with van der Waals surface area (Å²) in [6.07, 6.45) is 7.61. The molecule has 0 N–H and O–H groups in total. The second kappa shape index (κ2) is 10.4. The molecule has 2 fully saturated rings. The molecule has 2 saturated heterocycles. The van der Waals surface area contributed by atoms with Gasteiger partial charge in [0.1, 0.15) is 5.82 Å². The fourth-order valence-electron chi connectivity index (χ4n) is 4.31. The summed E-state index contributed by atoms with van der Waals surface area (Å²) in [6, 6.07) is 5.41. The standard InChI is InChI=1S/C23H30N6O3/c1-2-32-22(31)19-5-6-20(26-17-19)27-11-4-12-28(16-15-27)21(30)18-7-13-29(14-8-18)23-24-9-3-10-25-23/h3,5-6,9-10,17-18H,2,4,7-8,11-16H2,1H3. The Hall–Kier alpha value is -3.23. The van der Waals surface area contributed by atoms with Crippen LogP contribution in [0.1, 0.15) is 36.5 Å². The number of nitrogens with zero attached hydrogens (tertiary/aromatic N) is 6. The lowest BCUT2D eigenvalue weighted by Crippen LogP contribution is -2.44. The third-order valence-electron chi connectivity index (χ3n) is 6.07. The summed E-state index contributed by atoms with van der Waals surface area (Å²) in [5.74, 6) is 1.52. The fraction of sp³-hybridized carbons (Fsp3) is 0.522. The number of carbonyl (C=O) groups excluding carboxylic acids is 2. The van der Waals surface area contributed by atoms with Crippen LogP contribution in [0.4, 0.5) is 11.8 Å². The summed E-state index contributed by atoms with van der Waals surface area (Å²) in [5, 5.41) is 0. The molecule has 9 nitrogen and oxygen atoms in total. The van der Waals surface area contributed by atoms with Crippen LogP contribution in [0.2, 0.25) is 0 Å². The van der Waals surface area contributed by atoms with Crippen LogP contribution >= 0.6 is 0 Å². The Morgan fingerprint density at radius 2 is 1.75 bits per heavy atom. The summed E-state index contributed by atoms with van der Waals surface area (Å²) >= 11 is 0. The van der Waals surface area contributed by atoms with Crippen LogP contribution in [-0.2, 0) is 9.53 Å². The first-order valence-electron chi connectivity index (χ1n) is 11.3. The molecule has 1 amide bonds. The van der Waals surface area contributed by atoms with E-state index in [0.717, 1.165) is 63.8 Å². The zero-order valence-corrected chi connectivity index (χ0v) is 18.5. The SMILES string of the molecule is CCOC(=O)c1ccc(N2CCCN(C(=O)C3CCN(c4ncccn4)CC3)CC2)nc1. The lowest BCUT2D eigenvalue weighted by atomic mass is 9.95. The van der Waals surface area contributed by atoms with Gasteiger partial charge >= 0.3 is 5.97 Å². The van der Waals surface area contributed by atoms with Gasteiger partial charge in [0, 0.05) is 63.8 Å². The van der Waals surface area contributed by atoms with Gasteiger partial charge in [0.2, 0.25) is 11.9 Å². The van der Waals surface area contributed by atoms with Gasteiger partial charge in [0.25, 0.3) is 0 Å². The van der Waals surface area contributed by atoms with E-state index in [2.05, 4.69) is 24.8 Å². The van der Waals surface area contributed by atoms with Gasteiger partial charge in [-0.05, 0) is 44.4 Å². The maximum atomic E-state index is 13.2.